The fourth-order valence-electron chi connectivity index (χ4n) is 2.63. The minimum Gasteiger partial charge on any atom is -0.489 e. The van der Waals surface area contributed by atoms with Gasteiger partial charge in [0, 0.05) is 6.04 Å². The van der Waals surface area contributed by atoms with Gasteiger partial charge in [-0.3, -0.25) is 0 Å². The number of hydrogen-bond donors (Lipinski definition) is 1. The highest BCUT2D eigenvalue weighted by Crippen LogP contribution is 2.27. The monoisotopic (exact) mass is 233 g/mol. The molecule has 0 bridgehead atoms. The third-order valence-electron chi connectivity index (χ3n) is 3.55. The number of hydrogen-bond acceptors (Lipinski definition) is 2. The Morgan fingerprint density at radius 3 is 2.71 bits per heavy atom. The van der Waals surface area contributed by atoms with Gasteiger partial charge in [0.2, 0.25) is 0 Å². The lowest BCUT2D eigenvalue weighted by Gasteiger charge is -2.35. The zero-order valence-corrected chi connectivity index (χ0v) is 10.9. The quantitative estimate of drug-likeness (QED) is 0.862. The van der Waals surface area contributed by atoms with Crippen molar-refractivity contribution in [2.45, 2.75) is 45.3 Å². The van der Waals surface area contributed by atoms with E-state index in [-0.39, 0.29) is 0 Å². The predicted molar refractivity (Wildman–Crippen MR) is 71.3 cm³/mol. The van der Waals surface area contributed by atoms with E-state index in [4.69, 9.17) is 4.74 Å². The van der Waals surface area contributed by atoms with Crippen LogP contribution < -0.4 is 10.1 Å². The molecule has 0 aliphatic heterocycles. The fraction of sp³-hybridized carbons (Fsp3) is 0.600. The third kappa shape index (κ3) is 3.47. The van der Waals surface area contributed by atoms with Gasteiger partial charge >= 0.3 is 0 Å². The maximum absolute atomic E-state index is 6.13. The van der Waals surface area contributed by atoms with Crippen molar-refractivity contribution in [1.82, 2.24) is 5.32 Å². The standard InChI is InChI=1S/C15H23NO/c1-3-16-14-10-9-12(2)11-15(14)17-13-7-5-4-6-8-13/h4-8,12,14-16H,3,9-11H2,1-2H3. The molecule has 3 unspecified atom stereocenters. The minimum absolute atomic E-state index is 0.320. The SMILES string of the molecule is CCNC1CCC(C)CC1Oc1ccccc1. The number of benzene rings is 1. The predicted octanol–water partition coefficient (Wildman–Crippen LogP) is 3.23. The number of nitrogens with one attached hydrogen (secondary N) is 1. The van der Waals surface area contributed by atoms with Gasteiger partial charge in [0.15, 0.2) is 0 Å². The van der Waals surface area contributed by atoms with Crippen molar-refractivity contribution in [3.63, 3.8) is 0 Å². The maximum Gasteiger partial charge on any atom is 0.119 e. The van der Waals surface area contributed by atoms with Crippen molar-refractivity contribution in [2.75, 3.05) is 6.54 Å². The van der Waals surface area contributed by atoms with Crippen molar-refractivity contribution in [3.05, 3.63) is 30.3 Å². The van der Waals surface area contributed by atoms with E-state index in [1.54, 1.807) is 0 Å². The van der Waals surface area contributed by atoms with Crippen molar-refractivity contribution >= 4 is 0 Å². The second kappa shape index (κ2) is 6.06. The van der Waals surface area contributed by atoms with Crippen LogP contribution in [-0.4, -0.2) is 18.7 Å². The third-order valence-corrected chi connectivity index (χ3v) is 3.55. The molecular weight excluding hydrogens is 210 g/mol. The summed E-state index contributed by atoms with van der Waals surface area (Å²) in [5.41, 5.74) is 0. The lowest BCUT2D eigenvalue weighted by Crippen LogP contribution is -2.46. The van der Waals surface area contributed by atoms with Crippen LogP contribution in [0, 0.1) is 5.92 Å². The van der Waals surface area contributed by atoms with E-state index < -0.39 is 0 Å². The van der Waals surface area contributed by atoms with Gasteiger partial charge in [0.25, 0.3) is 0 Å². The average molecular weight is 233 g/mol. The van der Waals surface area contributed by atoms with Crippen LogP contribution in [-0.2, 0) is 0 Å². The number of ether oxygens (including phenoxy) is 1. The van der Waals surface area contributed by atoms with Crippen LogP contribution in [0.5, 0.6) is 5.75 Å². The van der Waals surface area contributed by atoms with Crippen molar-refractivity contribution in [1.29, 1.82) is 0 Å². The first-order valence-electron chi connectivity index (χ1n) is 6.74. The van der Waals surface area contributed by atoms with Gasteiger partial charge in [0.05, 0.1) is 0 Å². The topological polar surface area (TPSA) is 21.3 Å². The molecule has 1 fully saturated rings. The summed E-state index contributed by atoms with van der Waals surface area (Å²) in [6.45, 7) is 5.51. The summed E-state index contributed by atoms with van der Waals surface area (Å²) in [6, 6.07) is 10.7. The number of rotatable bonds is 4. The first kappa shape index (κ1) is 12.4. The lowest BCUT2D eigenvalue weighted by atomic mass is 9.85. The summed E-state index contributed by atoms with van der Waals surface area (Å²) >= 11 is 0. The zero-order valence-electron chi connectivity index (χ0n) is 10.9. The molecule has 1 aromatic rings. The molecule has 17 heavy (non-hydrogen) atoms. The van der Waals surface area contributed by atoms with E-state index in [0.29, 0.717) is 12.1 Å². The summed E-state index contributed by atoms with van der Waals surface area (Å²) in [7, 11) is 0. The van der Waals surface area contributed by atoms with Gasteiger partial charge < -0.3 is 10.1 Å². The molecular formula is C15H23NO. The Morgan fingerprint density at radius 1 is 1.24 bits per heavy atom. The summed E-state index contributed by atoms with van der Waals surface area (Å²) in [4.78, 5) is 0. The van der Waals surface area contributed by atoms with Crippen LogP contribution in [0.1, 0.15) is 33.1 Å². The zero-order chi connectivity index (χ0) is 12.1. The van der Waals surface area contributed by atoms with Crippen LogP contribution in [0.25, 0.3) is 0 Å². The Balaban J connectivity index is 1.99. The van der Waals surface area contributed by atoms with E-state index in [9.17, 15) is 0 Å². The van der Waals surface area contributed by atoms with Crippen LogP contribution in [0.15, 0.2) is 30.3 Å². The van der Waals surface area contributed by atoms with Crippen LogP contribution in [0.3, 0.4) is 0 Å². The first-order valence-corrected chi connectivity index (χ1v) is 6.74. The van der Waals surface area contributed by atoms with Crippen molar-refractivity contribution < 1.29 is 4.74 Å². The molecule has 1 N–H and O–H groups in total. The minimum atomic E-state index is 0.320. The Labute approximate surface area is 104 Å². The number of para-hydroxylation sites is 1. The van der Waals surface area contributed by atoms with Gasteiger partial charge in [-0.2, -0.15) is 0 Å². The normalized spacial score (nSPS) is 28.9. The van der Waals surface area contributed by atoms with Crippen molar-refractivity contribution in [3.8, 4) is 5.75 Å². The molecule has 2 nitrogen and oxygen atoms in total. The smallest absolute Gasteiger partial charge is 0.119 e. The molecule has 3 atom stereocenters. The van der Waals surface area contributed by atoms with E-state index in [2.05, 4.69) is 19.2 Å². The molecule has 1 aliphatic rings. The Morgan fingerprint density at radius 2 is 2.00 bits per heavy atom. The van der Waals surface area contributed by atoms with Gasteiger partial charge in [0.1, 0.15) is 11.9 Å². The van der Waals surface area contributed by atoms with Gasteiger partial charge in [-0.1, -0.05) is 32.0 Å². The summed E-state index contributed by atoms with van der Waals surface area (Å²) in [6.07, 6.45) is 4.02. The maximum atomic E-state index is 6.13. The Bertz CT molecular complexity index is 325. The van der Waals surface area contributed by atoms with Crippen LogP contribution >= 0.6 is 0 Å². The molecule has 1 saturated carbocycles. The van der Waals surface area contributed by atoms with E-state index in [0.717, 1.165) is 24.6 Å². The molecule has 1 aromatic carbocycles. The molecule has 94 valence electrons. The van der Waals surface area contributed by atoms with Gasteiger partial charge in [-0.05, 0) is 43.9 Å². The van der Waals surface area contributed by atoms with E-state index in [1.165, 1.54) is 12.8 Å². The Hall–Kier alpha value is -1.02. The molecule has 0 heterocycles. The molecule has 0 radical (unpaired) electrons. The average Bonchev–Trinajstić information content (AvgIpc) is 2.34. The number of likely N-dealkylation sites (N-methyl/N-ethyl adjacent to an activating group) is 1. The second-order valence-corrected chi connectivity index (χ2v) is 5.05. The van der Waals surface area contributed by atoms with E-state index >= 15 is 0 Å². The first-order chi connectivity index (χ1) is 8.29. The summed E-state index contributed by atoms with van der Waals surface area (Å²) in [5, 5.41) is 3.55. The summed E-state index contributed by atoms with van der Waals surface area (Å²) in [5.74, 6) is 1.77. The second-order valence-electron chi connectivity index (χ2n) is 5.05. The highest BCUT2D eigenvalue weighted by Gasteiger charge is 2.29. The highest BCUT2D eigenvalue weighted by molar-refractivity contribution is 5.21. The fourth-order valence-corrected chi connectivity index (χ4v) is 2.63. The molecule has 2 rings (SSSR count). The van der Waals surface area contributed by atoms with Crippen LogP contribution in [0.4, 0.5) is 0 Å². The molecule has 2 heteroatoms. The molecule has 0 aromatic heterocycles. The van der Waals surface area contributed by atoms with Crippen LogP contribution in [0.2, 0.25) is 0 Å². The molecule has 0 saturated heterocycles. The molecule has 0 spiro atoms. The largest absolute Gasteiger partial charge is 0.489 e. The lowest BCUT2D eigenvalue weighted by molar-refractivity contribution is 0.0916. The van der Waals surface area contributed by atoms with Crippen molar-refractivity contribution in [2.24, 2.45) is 5.92 Å². The highest BCUT2D eigenvalue weighted by atomic mass is 16.5. The van der Waals surface area contributed by atoms with Gasteiger partial charge in [-0.25, -0.2) is 0 Å². The molecule has 1 aliphatic carbocycles. The molecule has 0 amide bonds. The van der Waals surface area contributed by atoms with E-state index in [1.807, 2.05) is 30.3 Å². The summed E-state index contributed by atoms with van der Waals surface area (Å²) < 4.78 is 6.13. The van der Waals surface area contributed by atoms with Gasteiger partial charge in [-0.15, -0.1) is 0 Å². The Kier molecular flexibility index (Phi) is 4.43.